The van der Waals surface area contributed by atoms with Crippen LogP contribution in [0.5, 0.6) is 5.75 Å². The predicted molar refractivity (Wildman–Crippen MR) is 74.1 cm³/mol. The number of aromatic nitrogens is 1. The smallest absolute Gasteiger partial charge is 0.169 e. The summed E-state index contributed by atoms with van der Waals surface area (Å²) in [4.78, 5) is 4.21. The lowest BCUT2D eigenvalue weighted by Crippen LogP contribution is -2.04. The van der Waals surface area contributed by atoms with Crippen LogP contribution >= 0.6 is 11.6 Å². The molecule has 0 fully saturated rings. The summed E-state index contributed by atoms with van der Waals surface area (Å²) in [6.07, 6.45) is 1.68. The first-order valence-corrected chi connectivity index (χ1v) is 6.34. The van der Waals surface area contributed by atoms with E-state index in [1.54, 1.807) is 18.3 Å². The van der Waals surface area contributed by atoms with E-state index in [4.69, 9.17) is 16.3 Å². The molecule has 0 spiro atoms. The highest BCUT2D eigenvalue weighted by Gasteiger charge is 2.05. The van der Waals surface area contributed by atoms with E-state index in [9.17, 15) is 4.39 Å². The first-order chi connectivity index (χ1) is 9.20. The van der Waals surface area contributed by atoms with Crippen molar-refractivity contribution in [1.29, 1.82) is 0 Å². The van der Waals surface area contributed by atoms with Gasteiger partial charge in [0.2, 0.25) is 0 Å². The van der Waals surface area contributed by atoms with Crippen LogP contribution < -0.4 is 10.1 Å². The Morgan fingerprint density at radius 2 is 2.21 bits per heavy atom. The number of nitrogens with one attached hydrogen (secondary N) is 1. The third-order valence-corrected chi connectivity index (χ3v) is 2.80. The molecule has 1 aromatic carbocycles. The van der Waals surface area contributed by atoms with Crippen LogP contribution in [-0.2, 0) is 6.54 Å². The third-order valence-electron chi connectivity index (χ3n) is 2.51. The number of halogens is 2. The molecule has 0 radical (unpaired) electrons. The van der Waals surface area contributed by atoms with E-state index in [1.165, 1.54) is 6.07 Å². The summed E-state index contributed by atoms with van der Waals surface area (Å²) in [5, 5.41) is 3.26. The molecule has 2 rings (SSSR count). The summed E-state index contributed by atoms with van der Waals surface area (Å²) in [5.41, 5.74) is 0.875. The van der Waals surface area contributed by atoms with Gasteiger partial charge in [-0.15, -0.1) is 0 Å². The van der Waals surface area contributed by atoms with Crippen molar-refractivity contribution in [2.45, 2.75) is 13.5 Å². The molecule has 5 heteroatoms. The Morgan fingerprint density at radius 1 is 1.37 bits per heavy atom. The van der Waals surface area contributed by atoms with Gasteiger partial charge in [0.05, 0.1) is 11.6 Å². The normalized spacial score (nSPS) is 10.3. The van der Waals surface area contributed by atoms with Crippen molar-refractivity contribution in [3.05, 3.63) is 52.9 Å². The zero-order valence-electron chi connectivity index (χ0n) is 10.5. The second-order valence-electron chi connectivity index (χ2n) is 3.89. The van der Waals surface area contributed by atoms with Crippen molar-refractivity contribution >= 4 is 17.4 Å². The second-order valence-corrected chi connectivity index (χ2v) is 4.29. The highest BCUT2D eigenvalue weighted by molar-refractivity contribution is 6.30. The molecule has 2 aromatic rings. The molecular formula is C14H14ClFN2O. The fraction of sp³-hybridized carbons (Fsp3) is 0.214. The SMILES string of the molecule is CCOc1cccnc1NCc1ccc(F)c(Cl)c1. The van der Waals surface area contributed by atoms with Crippen LogP contribution in [0, 0.1) is 5.82 Å². The van der Waals surface area contributed by atoms with Gasteiger partial charge in [-0.05, 0) is 36.8 Å². The number of ether oxygens (including phenoxy) is 1. The van der Waals surface area contributed by atoms with E-state index in [-0.39, 0.29) is 5.02 Å². The third kappa shape index (κ3) is 3.58. The van der Waals surface area contributed by atoms with E-state index in [0.29, 0.717) is 24.7 Å². The Hall–Kier alpha value is -1.81. The van der Waals surface area contributed by atoms with Crippen LogP contribution in [0.1, 0.15) is 12.5 Å². The maximum Gasteiger partial charge on any atom is 0.169 e. The molecule has 1 N–H and O–H groups in total. The number of rotatable bonds is 5. The lowest BCUT2D eigenvalue weighted by atomic mass is 10.2. The van der Waals surface area contributed by atoms with Gasteiger partial charge in [0.15, 0.2) is 11.6 Å². The number of nitrogens with zero attached hydrogens (tertiary/aromatic N) is 1. The molecule has 0 amide bonds. The highest BCUT2D eigenvalue weighted by atomic mass is 35.5. The van der Waals surface area contributed by atoms with Gasteiger partial charge in [-0.1, -0.05) is 17.7 Å². The molecule has 0 bridgehead atoms. The lowest BCUT2D eigenvalue weighted by Gasteiger charge is -2.11. The van der Waals surface area contributed by atoms with E-state index in [0.717, 1.165) is 5.56 Å². The van der Waals surface area contributed by atoms with Crippen molar-refractivity contribution in [3.8, 4) is 5.75 Å². The van der Waals surface area contributed by atoms with Gasteiger partial charge in [0.25, 0.3) is 0 Å². The van der Waals surface area contributed by atoms with Gasteiger partial charge < -0.3 is 10.1 Å². The predicted octanol–water partition coefficient (Wildman–Crippen LogP) is 3.88. The fourth-order valence-electron chi connectivity index (χ4n) is 1.63. The highest BCUT2D eigenvalue weighted by Crippen LogP contribution is 2.22. The maximum atomic E-state index is 13.0. The quantitative estimate of drug-likeness (QED) is 0.902. The van der Waals surface area contributed by atoms with Crippen molar-refractivity contribution in [1.82, 2.24) is 4.98 Å². The minimum atomic E-state index is -0.418. The molecule has 0 atom stereocenters. The summed E-state index contributed by atoms with van der Waals surface area (Å²) in [5.74, 6) is 0.932. The van der Waals surface area contributed by atoms with Gasteiger partial charge in [0, 0.05) is 12.7 Å². The van der Waals surface area contributed by atoms with Crippen LogP contribution in [0.15, 0.2) is 36.5 Å². The Morgan fingerprint density at radius 3 is 2.95 bits per heavy atom. The Kier molecular flexibility index (Phi) is 4.58. The zero-order valence-corrected chi connectivity index (χ0v) is 11.2. The average Bonchev–Trinajstić information content (AvgIpc) is 2.42. The molecule has 0 saturated heterocycles. The number of hydrogen-bond acceptors (Lipinski definition) is 3. The van der Waals surface area contributed by atoms with Crippen LogP contribution in [0.25, 0.3) is 0 Å². The molecule has 0 unspecified atom stereocenters. The Labute approximate surface area is 116 Å². The van der Waals surface area contributed by atoms with Gasteiger partial charge in [-0.3, -0.25) is 0 Å². The largest absolute Gasteiger partial charge is 0.490 e. The van der Waals surface area contributed by atoms with Crippen LogP contribution in [0.3, 0.4) is 0 Å². The van der Waals surface area contributed by atoms with Crippen molar-refractivity contribution in [3.63, 3.8) is 0 Å². The minimum Gasteiger partial charge on any atom is -0.490 e. The molecule has 19 heavy (non-hydrogen) atoms. The number of anilines is 1. The topological polar surface area (TPSA) is 34.1 Å². The Bertz CT molecular complexity index is 563. The minimum absolute atomic E-state index is 0.116. The molecule has 100 valence electrons. The van der Waals surface area contributed by atoms with E-state index in [2.05, 4.69) is 10.3 Å². The lowest BCUT2D eigenvalue weighted by molar-refractivity contribution is 0.340. The van der Waals surface area contributed by atoms with Gasteiger partial charge in [0.1, 0.15) is 5.82 Å². The summed E-state index contributed by atoms with van der Waals surface area (Å²) in [6, 6.07) is 8.27. The van der Waals surface area contributed by atoms with Gasteiger partial charge >= 0.3 is 0 Å². The van der Waals surface area contributed by atoms with Crippen molar-refractivity contribution in [2.75, 3.05) is 11.9 Å². The first kappa shape index (κ1) is 13.6. The average molecular weight is 281 g/mol. The molecule has 1 heterocycles. The van der Waals surface area contributed by atoms with Gasteiger partial charge in [-0.25, -0.2) is 9.37 Å². The second kappa shape index (κ2) is 6.38. The summed E-state index contributed by atoms with van der Waals surface area (Å²) in [6.45, 7) is 2.98. The van der Waals surface area contributed by atoms with Crippen LogP contribution in [0.2, 0.25) is 5.02 Å². The van der Waals surface area contributed by atoms with E-state index < -0.39 is 5.82 Å². The van der Waals surface area contributed by atoms with Crippen LogP contribution in [-0.4, -0.2) is 11.6 Å². The summed E-state index contributed by atoms with van der Waals surface area (Å²) < 4.78 is 18.5. The fourth-order valence-corrected chi connectivity index (χ4v) is 1.83. The monoisotopic (exact) mass is 280 g/mol. The maximum absolute atomic E-state index is 13.0. The molecule has 0 aliphatic heterocycles. The van der Waals surface area contributed by atoms with Gasteiger partial charge in [-0.2, -0.15) is 0 Å². The van der Waals surface area contributed by atoms with Crippen molar-refractivity contribution in [2.24, 2.45) is 0 Å². The molecule has 1 aromatic heterocycles. The van der Waals surface area contributed by atoms with Crippen LogP contribution in [0.4, 0.5) is 10.2 Å². The summed E-state index contributed by atoms with van der Waals surface area (Å²) >= 11 is 5.73. The zero-order chi connectivity index (χ0) is 13.7. The molecule has 0 aliphatic carbocycles. The first-order valence-electron chi connectivity index (χ1n) is 5.96. The molecule has 0 aliphatic rings. The standard InChI is InChI=1S/C14H14ClFN2O/c1-2-19-13-4-3-7-17-14(13)18-9-10-5-6-12(16)11(15)8-10/h3-8H,2,9H2,1H3,(H,17,18). The molecule has 3 nitrogen and oxygen atoms in total. The number of pyridine rings is 1. The van der Waals surface area contributed by atoms with E-state index in [1.807, 2.05) is 19.1 Å². The Balaban J connectivity index is 2.07. The van der Waals surface area contributed by atoms with E-state index >= 15 is 0 Å². The number of benzene rings is 1. The molecular weight excluding hydrogens is 267 g/mol. The number of hydrogen-bond donors (Lipinski definition) is 1. The molecule has 0 saturated carbocycles. The summed E-state index contributed by atoms with van der Waals surface area (Å²) in [7, 11) is 0. The van der Waals surface area contributed by atoms with Crippen molar-refractivity contribution < 1.29 is 9.13 Å².